The monoisotopic (exact) mass is 260 g/mol. The Kier molecular flexibility index (Phi) is 13.2. The summed E-state index contributed by atoms with van der Waals surface area (Å²) in [4.78, 5) is 0. The molecule has 0 heterocycles. The summed E-state index contributed by atoms with van der Waals surface area (Å²) in [6.07, 6.45) is 10.0. The van der Waals surface area contributed by atoms with Crippen molar-refractivity contribution in [2.24, 2.45) is 0 Å². The summed E-state index contributed by atoms with van der Waals surface area (Å²) in [6.45, 7) is 2.44. The maximum atomic E-state index is 9.79. The Hall–Kier alpha value is -0.120. The highest BCUT2D eigenvalue weighted by atomic mass is 16.3. The molecule has 0 aliphatic heterocycles. The maximum Gasteiger partial charge on any atom is 0.0799 e. The molecule has 3 nitrogen and oxygen atoms in total. The second-order valence-electron chi connectivity index (χ2n) is 5.26. The molecule has 0 radical (unpaired) electrons. The molecule has 0 rings (SSSR count). The molecule has 0 spiro atoms. The molecule has 3 N–H and O–H groups in total. The van der Waals surface area contributed by atoms with Gasteiger partial charge in [-0.05, 0) is 19.3 Å². The van der Waals surface area contributed by atoms with E-state index in [2.05, 4.69) is 6.92 Å². The van der Waals surface area contributed by atoms with Gasteiger partial charge in [0.2, 0.25) is 0 Å². The van der Waals surface area contributed by atoms with Gasteiger partial charge in [0.25, 0.3) is 0 Å². The van der Waals surface area contributed by atoms with E-state index in [0.717, 1.165) is 44.9 Å². The van der Waals surface area contributed by atoms with Crippen LogP contribution in [-0.2, 0) is 0 Å². The zero-order valence-corrected chi connectivity index (χ0v) is 12.0. The Morgan fingerprint density at radius 1 is 0.667 bits per heavy atom. The lowest BCUT2D eigenvalue weighted by atomic mass is 10.0. The second kappa shape index (κ2) is 13.3. The van der Waals surface area contributed by atoms with Gasteiger partial charge in [-0.25, -0.2) is 0 Å². The smallest absolute Gasteiger partial charge is 0.0799 e. The van der Waals surface area contributed by atoms with Crippen molar-refractivity contribution in [1.82, 2.24) is 0 Å². The predicted molar refractivity (Wildman–Crippen MR) is 75.6 cm³/mol. The van der Waals surface area contributed by atoms with Crippen LogP contribution in [0.25, 0.3) is 0 Å². The van der Waals surface area contributed by atoms with Crippen LogP contribution in [0, 0.1) is 0 Å². The SMILES string of the molecule is CCCCCCC[C@@H](O)[C@H](O)CCCCCCO. The first kappa shape index (κ1) is 17.9. The van der Waals surface area contributed by atoms with E-state index >= 15 is 0 Å². The third kappa shape index (κ3) is 11.0. The highest BCUT2D eigenvalue weighted by molar-refractivity contribution is 4.67. The maximum absolute atomic E-state index is 9.79. The summed E-state index contributed by atoms with van der Waals surface area (Å²) >= 11 is 0. The first-order valence-electron chi connectivity index (χ1n) is 7.69. The average Bonchev–Trinajstić information content (AvgIpc) is 2.37. The summed E-state index contributed by atoms with van der Waals surface area (Å²) < 4.78 is 0. The van der Waals surface area contributed by atoms with Crippen molar-refractivity contribution < 1.29 is 15.3 Å². The summed E-state index contributed by atoms with van der Waals surface area (Å²) in [7, 11) is 0. The molecule has 0 unspecified atom stereocenters. The van der Waals surface area contributed by atoms with Crippen LogP contribution in [0.2, 0.25) is 0 Å². The normalized spacial score (nSPS) is 14.7. The second-order valence-corrected chi connectivity index (χ2v) is 5.26. The van der Waals surface area contributed by atoms with E-state index in [9.17, 15) is 10.2 Å². The van der Waals surface area contributed by atoms with Crippen LogP contribution in [-0.4, -0.2) is 34.1 Å². The van der Waals surface area contributed by atoms with Gasteiger partial charge in [-0.15, -0.1) is 0 Å². The first-order valence-corrected chi connectivity index (χ1v) is 7.69. The lowest BCUT2D eigenvalue weighted by molar-refractivity contribution is 0.00709. The highest BCUT2D eigenvalue weighted by Crippen LogP contribution is 2.13. The molecule has 0 saturated carbocycles. The van der Waals surface area contributed by atoms with Crippen LogP contribution in [0.5, 0.6) is 0 Å². The average molecular weight is 260 g/mol. The zero-order valence-electron chi connectivity index (χ0n) is 12.0. The van der Waals surface area contributed by atoms with Crippen molar-refractivity contribution in [3.05, 3.63) is 0 Å². The molecular formula is C15H32O3. The third-order valence-corrected chi connectivity index (χ3v) is 3.46. The Balaban J connectivity index is 3.36. The van der Waals surface area contributed by atoms with Crippen LogP contribution in [0.4, 0.5) is 0 Å². The van der Waals surface area contributed by atoms with Crippen molar-refractivity contribution in [1.29, 1.82) is 0 Å². The van der Waals surface area contributed by atoms with Crippen LogP contribution in [0.15, 0.2) is 0 Å². The number of rotatable bonds is 13. The number of aliphatic hydroxyl groups excluding tert-OH is 3. The molecule has 0 aromatic heterocycles. The minimum absolute atomic E-state index is 0.253. The number of hydrogen-bond acceptors (Lipinski definition) is 3. The topological polar surface area (TPSA) is 60.7 Å². The Morgan fingerprint density at radius 3 is 1.56 bits per heavy atom. The molecule has 0 aliphatic carbocycles. The standard InChI is InChI=1S/C15H32O3/c1-2-3-4-5-8-11-14(17)15(18)12-9-6-7-10-13-16/h14-18H,2-13H2,1H3/t14-,15-/m1/s1. The van der Waals surface area contributed by atoms with E-state index in [1.807, 2.05) is 0 Å². The van der Waals surface area contributed by atoms with E-state index in [0.29, 0.717) is 6.42 Å². The Labute approximate surface area is 112 Å². The van der Waals surface area contributed by atoms with Gasteiger partial charge in [0.05, 0.1) is 12.2 Å². The summed E-state index contributed by atoms with van der Waals surface area (Å²) in [5.41, 5.74) is 0. The predicted octanol–water partition coefficient (Wildman–Crippen LogP) is 3.01. The Morgan fingerprint density at radius 2 is 1.11 bits per heavy atom. The van der Waals surface area contributed by atoms with Gasteiger partial charge in [0, 0.05) is 6.61 Å². The lowest BCUT2D eigenvalue weighted by Gasteiger charge is -2.17. The van der Waals surface area contributed by atoms with Crippen LogP contribution in [0.1, 0.15) is 77.6 Å². The lowest BCUT2D eigenvalue weighted by Crippen LogP contribution is -2.25. The zero-order chi connectivity index (χ0) is 13.6. The molecule has 18 heavy (non-hydrogen) atoms. The van der Waals surface area contributed by atoms with Gasteiger partial charge < -0.3 is 15.3 Å². The summed E-state index contributed by atoms with van der Waals surface area (Å²) in [5.74, 6) is 0. The van der Waals surface area contributed by atoms with Crippen molar-refractivity contribution >= 4 is 0 Å². The van der Waals surface area contributed by atoms with Gasteiger partial charge in [-0.1, -0.05) is 58.3 Å². The molecule has 0 aliphatic rings. The number of aliphatic hydroxyl groups is 3. The highest BCUT2D eigenvalue weighted by Gasteiger charge is 2.14. The van der Waals surface area contributed by atoms with Gasteiger partial charge >= 0.3 is 0 Å². The van der Waals surface area contributed by atoms with E-state index in [4.69, 9.17) is 5.11 Å². The van der Waals surface area contributed by atoms with Gasteiger partial charge in [0.1, 0.15) is 0 Å². The van der Waals surface area contributed by atoms with E-state index in [-0.39, 0.29) is 6.61 Å². The van der Waals surface area contributed by atoms with Crippen molar-refractivity contribution in [2.75, 3.05) is 6.61 Å². The molecule has 0 aromatic rings. The van der Waals surface area contributed by atoms with Crippen molar-refractivity contribution in [3.8, 4) is 0 Å². The molecule has 0 bridgehead atoms. The van der Waals surface area contributed by atoms with Crippen LogP contribution < -0.4 is 0 Å². The third-order valence-electron chi connectivity index (χ3n) is 3.46. The molecule has 0 fully saturated rings. The largest absolute Gasteiger partial charge is 0.396 e. The summed E-state index contributed by atoms with van der Waals surface area (Å²) in [6, 6.07) is 0. The van der Waals surface area contributed by atoms with Gasteiger partial charge in [-0.2, -0.15) is 0 Å². The summed E-state index contributed by atoms with van der Waals surface area (Å²) in [5, 5.41) is 28.2. The number of hydrogen-bond donors (Lipinski definition) is 3. The minimum Gasteiger partial charge on any atom is -0.396 e. The minimum atomic E-state index is -0.565. The van der Waals surface area contributed by atoms with E-state index in [1.54, 1.807) is 0 Å². The fraction of sp³-hybridized carbons (Fsp3) is 1.00. The fourth-order valence-corrected chi connectivity index (χ4v) is 2.16. The van der Waals surface area contributed by atoms with Crippen LogP contribution >= 0.6 is 0 Å². The fourth-order valence-electron chi connectivity index (χ4n) is 2.16. The van der Waals surface area contributed by atoms with Crippen molar-refractivity contribution in [3.63, 3.8) is 0 Å². The number of unbranched alkanes of at least 4 members (excludes halogenated alkanes) is 7. The molecule has 110 valence electrons. The molecule has 3 heteroatoms. The molecule has 2 atom stereocenters. The quantitative estimate of drug-likeness (QED) is 0.446. The van der Waals surface area contributed by atoms with Crippen LogP contribution in [0.3, 0.4) is 0 Å². The first-order chi connectivity index (χ1) is 8.72. The molecule has 0 aromatic carbocycles. The molecule has 0 saturated heterocycles. The Bertz CT molecular complexity index is 144. The molecular weight excluding hydrogens is 228 g/mol. The van der Waals surface area contributed by atoms with Gasteiger partial charge in [-0.3, -0.25) is 0 Å². The molecule has 0 amide bonds. The van der Waals surface area contributed by atoms with E-state index < -0.39 is 12.2 Å². The van der Waals surface area contributed by atoms with E-state index in [1.165, 1.54) is 19.3 Å². The van der Waals surface area contributed by atoms with Gasteiger partial charge in [0.15, 0.2) is 0 Å². The van der Waals surface area contributed by atoms with Crippen molar-refractivity contribution in [2.45, 2.75) is 89.8 Å².